The van der Waals surface area contributed by atoms with E-state index < -0.39 is 30.6 Å². The van der Waals surface area contributed by atoms with Crippen molar-refractivity contribution in [3.05, 3.63) is 0 Å². The summed E-state index contributed by atoms with van der Waals surface area (Å²) in [7, 11) is -4.92. The van der Waals surface area contributed by atoms with Crippen LogP contribution in [0.2, 0.25) is 0 Å². The quantitative estimate of drug-likeness (QED) is 0.700. The first-order chi connectivity index (χ1) is 8.03. The third-order valence-corrected chi connectivity index (χ3v) is 9.14. The summed E-state index contributed by atoms with van der Waals surface area (Å²) in [5.41, 5.74) is -0.519. The second-order valence-electron chi connectivity index (χ2n) is 5.31. The van der Waals surface area contributed by atoms with Gasteiger partial charge < -0.3 is 0 Å². The van der Waals surface area contributed by atoms with E-state index in [1.807, 2.05) is 13.8 Å². The molecule has 0 aromatic heterocycles. The van der Waals surface area contributed by atoms with E-state index in [9.17, 15) is 16.8 Å². The number of sulfone groups is 1. The molecule has 1 rings (SSSR count). The van der Waals surface area contributed by atoms with Crippen LogP contribution in [0.1, 0.15) is 26.7 Å². The molecule has 1 heterocycles. The summed E-state index contributed by atoms with van der Waals surface area (Å²) >= 11 is 3.30. The fourth-order valence-electron chi connectivity index (χ4n) is 1.82. The van der Waals surface area contributed by atoms with Gasteiger partial charge in [0.2, 0.25) is 10.0 Å². The first-order valence-corrected chi connectivity index (χ1v) is 10.2. The van der Waals surface area contributed by atoms with E-state index in [0.29, 0.717) is 5.33 Å². The number of hydrogen-bond acceptors (Lipinski definition) is 4. The maximum absolute atomic E-state index is 12.4. The van der Waals surface area contributed by atoms with Gasteiger partial charge >= 0.3 is 0 Å². The third-order valence-electron chi connectivity index (χ3n) is 3.48. The van der Waals surface area contributed by atoms with Gasteiger partial charge in [0.15, 0.2) is 0 Å². The number of halogens is 1. The van der Waals surface area contributed by atoms with E-state index in [-0.39, 0.29) is 24.3 Å². The molecule has 0 atom stereocenters. The molecular weight excluding hydrogens is 342 g/mol. The zero-order valence-electron chi connectivity index (χ0n) is 10.9. The van der Waals surface area contributed by atoms with Crippen LogP contribution in [0.15, 0.2) is 0 Å². The van der Waals surface area contributed by atoms with Crippen molar-refractivity contribution >= 4 is 35.8 Å². The Labute approximate surface area is 118 Å². The molecule has 0 unspecified atom stereocenters. The third kappa shape index (κ3) is 3.46. The Bertz CT molecular complexity index is 484. The van der Waals surface area contributed by atoms with Gasteiger partial charge in [-0.3, -0.25) is 0 Å². The van der Waals surface area contributed by atoms with Crippen LogP contribution in [-0.4, -0.2) is 55.8 Å². The topological polar surface area (TPSA) is 71.5 Å². The van der Waals surface area contributed by atoms with Crippen LogP contribution in [0, 0.1) is 0 Å². The molecular formula is C10H20BrNO4S2. The van der Waals surface area contributed by atoms with Crippen molar-refractivity contribution in [3.63, 3.8) is 0 Å². The highest BCUT2D eigenvalue weighted by molar-refractivity contribution is 9.09. The second kappa shape index (κ2) is 5.38. The lowest BCUT2D eigenvalue weighted by molar-refractivity contribution is 0.294. The highest BCUT2D eigenvalue weighted by Gasteiger charge is 2.40. The van der Waals surface area contributed by atoms with Gasteiger partial charge in [0.05, 0.1) is 16.8 Å². The minimum Gasteiger partial charge on any atom is -0.229 e. The molecule has 0 N–H and O–H groups in total. The molecule has 1 aliphatic rings. The van der Waals surface area contributed by atoms with Gasteiger partial charge in [-0.05, 0) is 26.7 Å². The first kappa shape index (κ1) is 16.4. The molecule has 1 aliphatic heterocycles. The predicted octanol–water partition coefficient (Wildman–Crippen LogP) is 0.999. The summed E-state index contributed by atoms with van der Waals surface area (Å²) in [4.78, 5) is 0. The van der Waals surface area contributed by atoms with Gasteiger partial charge in [0.1, 0.15) is 9.84 Å². The van der Waals surface area contributed by atoms with E-state index in [2.05, 4.69) is 15.9 Å². The van der Waals surface area contributed by atoms with Gasteiger partial charge in [-0.2, -0.15) is 4.31 Å². The maximum Gasteiger partial charge on any atom is 0.217 e. The number of hydrogen-bond donors (Lipinski definition) is 0. The predicted molar refractivity (Wildman–Crippen MR) is 76.2 cm³/mol. The molecule has 108 valence electrons. The van der Waals surface area contributed by atoms with Crippen molar-refractivity contribution in [2.45, 2.75) is 37.5 Å². The van der Waals surface area contributed by atoms with Crippen molar-refractivity contribution in [2.75, 3.05) is 23.9 Å². The summed E-state index contributed by atoms with van der Waals surface area (Å²) in [5, 5.41) is -0.0508. The summed E-state index contributed by atoms with van der Waals surface area (Å²) in [6, 6.07) is 0. The molecule has 1 saturated heterocycles. The lowest BCUT2D eigenvalue weighted by Crippen LogP contribution is -2.51. The van der Waals surface area contributed by atoms with Gasteiger partial charge in [-0.1, -0.05) is 15.9 Å². The second-order valence-corrected chi connectivity index (χ2v) is 10.4. The summed E-state index contributed by atoms with van der Waals surface area (Å²) < 4.78 is 48.8. The summed E-state index contributed by atoms with van der Waals surface area (Å²) in [6.07, 6.45) is 0.404. The largest absolute Gasteiger partial charge is 0.229 e. The Kier molecular flexibility index (Phi) is 4.90. The zero-order chi connectivity index (χ0) is 14.2. The summed E-state index contributed by atoms with van der Waals surface area (Å²) in [5.74, 6) is -0.0566. The molecule has 1 fully saturated rings. The highest BCUT2D eigenvalue weighted by Crippen LogP contribution is 2.27. The SMILES string of the molecule is CN(C(C)(C)CBr)S(=O)(=O)C1CCS(=O)(=O)CC1. The minimum atomic E-state index is -3.44. The molecule has 0 spiro atoms. The number of nitrogens with zero attached hydrogens (tertiary/aromatic N) is 1. The molecule has 0 aliphatic carbocycles. The lowest BCUT2D eigenvalue weighted by atomic mass is 10.1. The fourth-order valence-corrected chi connectivity index (χ4v) is 6.18. The van der Waals surface area contributed by atoms with E-state index in [4.69, 9.17) is 0 Å². The molecule has 18 heavy (non-hydrogen) atoms. The minimum absolute atomic E-state index is 0.0283. The molecule has 5 nitrogen and oxygen atoms in total. The average molecular weight is 362 g/mol. The number of sulfonamides is 1. The van der Waals surface area contributed by atoms with Crippen molar-refractivity contribution < 1.29 is 16.8 Å². The summed E-state index contributed by atoms with van der Waals surface area (Å²) in [6.45, 7) is 3.66. The molecule has 0 aromatic rings. The smallest absolute Gasteiger partial charge is 0.217 e. The Morgan fingerprint density at radius 3 is 2.11 bits per heavy atom. The van der Waals surface area contributed by atoms with Crippen LogP contribution < -0.4 is 0 Å². The molecule has 0 amide bonds. The van der Waals surface area contributed by atoms with Crippen molar-refractivity contribution in [1.29, 1.82) is 0 Å². The maximum atomic E-state index is 12.4. The van der Waals surface area contributed by atoms with Crippen LogP contribution in [0.25, 0.3) is 0 Å². The molecule has 0 bridgehead atoms. The number of alkyl halides is 1. The van der Waals surface area contributed by atoms with Crippen LogP contribution >= 0.6 is 15.9 Å². The van der Waals surface area contributed by atoms with Crippen molar-refractivity contribution in [3.8, 4) is 0 Å². The van der Waals surface area contributed by atoms with Crippen LogP contribution in [-0.2, 0) is 19.9 Å². The molecule has 0 saturated carbocycles. The Hall–Kier alpha value is 0.340. The van der Waals surface area contributed by atoms with Crippen molar-refractivity contribution in [2.24, 2.45) is 0 Å². The molecule has 0 radical (unpaired) electrons. The Morgan fingerprint density at radius 1 is 1.28 bits per heavy atom. The van der Waals surface area contributed by atoms with Gasteiger partial charge in [-0.15, -0.1) is 0 Å². The van der Waals surface area contributed by atoms with Crippen LogP contribution in [0.5, 0.6) is 0 Å². The van der Waals surface area contributed by atoms with Crippen LogP contribution in [0.3, 0.4) is 0 Å². The fraction of sp³-hybridized carbons (Fsp3) is 1.00. The van der Waals surface area contributed by atoms with Gasteiger partial charge in [0, 0.05) is 17.9 Å². The van der Waals surface area contributed by atoms with Gasteiger partial charge in [-0.25, -0.2) is 16.8 Å². The van der Waals surface area contributed by atoms with E-state index in [1.54, 1.807) is 7.05 Å². The average Bonchev–Trinajstić information content (AvgIpc) is 2.27. The first-order valence-electron chi connectivity index (χ1n) is 5.77. The lowest BCUT2D eigenvalue weighted by Gasteiger charge is -2.36. The van der Waals surface area contributed by atoms with E-state index in [0.717, 1.165) is 0 Å². The Morgan fingerprint density at radius 2 is 1.72 bits per heavy atom. The zero-order valence-corrected chi connectivity index (χ0v) is 14.1. The van der Waals surface area contributed by atoms with E-state index in [1.165, 1.54) is 4.31 Å². The monoisotopic (exact) mass is 361 g/mol. The Balaban J connectivity index is 2.89. The van der Waals surface area contributed by atoms with E-state index >= 15 is 0 Å². The molecule has 0 aromatic carbocycles. The normalized spacial score (nSPS) is 22.3. The highest BCUT2D eigenvalue weighted by atomic mass is 79.9. The van der Waals surface area contributed by atoms with Gasteiger partial charge in [0.25, 0.3) is 0 Å². The molecule has 8 heteroatoms. The standard InChI is InChI=1S/C10H20BrNO4S2/c1-10(2,8-11)12(3)18(15,16)9-4-6-17(13,14)7-5-9/h9H,4-8H2,1-3H3. The van der Waals surface area contributed by atoms with Crippen molar-refractivity contribution in [1.82, 2.24) is 4.31 Å². The number of rotatable bonds is 4. The van der Waals surface area contributed by atoms with Crippen LogP contribution in [0.4, 0.5) is 0 Å².